The molecule has 0 aromatic carbocycles. The van der Waals surface area contributed by atoms with Crippen LogP contribution in [0.25, 0.3) is 0 Å². The number of nitrogen functional groups attached to an aromatic ring is 1. The van der Waals surface area contributed by atoms with Gasteiger partial charge in [0.1, 0.15) is 6.61 Å². The maximum Gasteiger partial charge on any atom is 0.300 e. The molecule has 0 aliphatic carbocycles. The fourth-order valence-corrected chi connectivity index (χ4v) is 0.425. The molecule has 0 saturated heterocycles. The zero-order chi connectivity index (χ0) is 7.40. The van der Waals surface area contributed by atoms with Crippen LogP contribution in [0.3, 0.4) is 0 Å². The van der Waals surface area contributed by atoms with Gasteiger partial charge in [0.05, 0.1) is 0 Å². The average molecular weight is 141 g/mol. The highest BCUT2D eigenvalue weighted by atomic mass is 16.6. The second kappa shape index (κ2) is 2.86. The Labute approximate surface area is 57.4 Å². The number of aromatic nitrogens is 2. The second-order valence-corrected chi connectivity index (χ2v) is 1.55. The Hall–Kier alpha value is -1.52. The molecule has 0 fully saturated rings. The lowest BCUT2D eigenvalue weighted by Gasteiger charge is -1.93. The summed E-state index contributed by atoms with van der Waals surface area (Å²) in [6.45, 7) is 3.79. The molecule has 0 bridgehead atoms. The van der Waals surface area contributed by atoms with Crippen LogP contribution in [0.5, 0.6) is 5.88 Å². The van der Waals surface area contributed by atoms with Gasteiger partial charge in [0.2, 0.25) is 5.82 Å². The lowest BCUT2D eigenvalue weighted by molar-refractivity contribution is 0.271. The first kappa shape index (κ1) is 6.60. The van der Waals surface area contributed by atoms with E-state index in [4.69, 9.17) is 10.5 Å². The molecule has 1 aromatic heterocycles. The zero-order valence-corrected chi connectivity index (χ0v) is 5.28. The number of nitrogens with two attached hydrogens (primary N) is 1. The van der Waals surface area contributed by atoms with Gasteiger partial charge in [0, 0.05) is 0 Å². The number of hydrogen-bond acceptors (Lipinski definition) is 5. The highest BCUT2D eigenvalue weighted by Gasteiger charge is 2.04. The molecule has 0 aliphatic heterocycles. The highest BCUT2D eigenvalue weighted by molar-refractivity contribution is 5.36. The van der Waals surface area contributed by atoms with Crippen molar-refractivity contribution in [3.05, 3.63) is 12.7 Å². The Morgan fingerprint density at radius 3 is 3.00 bits per heavy atom. The summed E-state index contributed by atoms with van der Waals surface area (Å²) in [4.78, 5) is 0. The molecule has 2 N–H and O–H groups in total. The van der Waals surface area contributed by atoms with Crippen molar-refractivity contribution >= 4 is 5.82 Å². The van der Waals surface area contributed by atoms with E-state index in [0.717, 1.165) is 0 Å². The van der Waals surface area contributed by atoms with Gasteiger partial charge in [-0.1, -0.05) is 12.7 Å². The van der Waals surface area contributed by atoms with Crippen molar-refractivity contribution < 1.29 is 9.37 Å². The van der Waals surface area contributed by atoms with E-state index in [2.05, 4.69) is 21.5 Å². The molecule has 1 rings (SSSR count). The normalized spacial score (nSPS) is 9.20. The summed E-state index contributed by atoms with van der Waals surface area (Å²) in [5, 5.41) is 6.67. The van der Waals surface area contributed by atoms with Crippen molar-refractivity contribution in [1.29, 1.82) is 0 Å². The lowest BCUT2D eigenvalue weighted by Crippen LogP contribution is -1.96. The van der Waals surface area contributed by atoms with Gasteiger partial charge in [0.25, 0.3) is 5.88 Å². The monoisotopic (exact) mass is 141 g/mol. The Bertz CT molecular complexity index is 220. The van der Waals surface area contributed by atoms with Crippen LogP contribution in [0.1, 0.15) is 0 Å². The summed E-state index contributed by atoms with van der Waals surface area (Å²) >= 11 is 0. The third kappa shape index (κ3) is 1.25. The number of hydrogen-bond donors (Lipinski definition) is 1. The van der Waals surface area contributed by atoms with Crippen LogP contribution in [-0.4, -0.2) is 16.9 Å². The van der Waals surface area contributed by atoms with Crippen LogP contribution in [0.4, 0.5) is 5.82 Å². The third-order valence-electron chi connectivity index (χ3n) is 0.820. The lowest BCUT2D eigenvalue weighted by atomic mass is 10.6. The average Bonchev–Trinajstić information content (AvgIpc) is 2.31. The number of rotatable bonds is 3. The third-order valence-corrected chi connectivity index (χ3v) is 0.820. The van der Waals surface area contributed by atoms with Crippen LogP contribution in [-0.2, 0) is 0 Å². The fraction of sp³-hybridized carbons (Fsp3) is 0.200. The quantitative estimate of drug-likeness (QED) is 0.609. The maximum absolute atomic E-state index is 5.25. The summed E-state index contributed by atoms with van der Waals surface area (Å²) in [6.07, 6.45) is 1.58. The Balaban J connectivity index is 2.56. The summed E-state index contributed by atoms with van der Waals surface area (Å²) in [7, 11) is 0. The van der Waals surface area contributed by atoms with E-state index in [0.29, 0.717) is 6.61 Å². The zero-order valence-electron chi connectivity index (χ0n) is 5.28. The molecule has 0 unspecified atom stereocenters. The van der Waals surface area contributed by atoms with E-state index >= 15 is 0 Å². The molecular weight excluding hydrogens is 134 g/mol. The van der Waals surface area contributed by atoms with Gasteiger partial charge in [-0.25, -0.2) is 4.63 Å². The van der Waals surface area contributed by atoms with Gasteiger partial charge in [-0.15, -0.1) is 0 Å². The minimum atomic E-state index is 0.154. The van der Waals surface area contributed by atoms with Crippen molar-refractivity contribution in [2.24, 2.45) is 0 Å². The minimum Gasteiger partial charge on any atom is -0.469 e. The summed E-state index contributed by atoms with van der Waals surface area (Å²) in [5.74, 6) is 0.363. The molecule has 0 aliphatic rings. The molecule has 0 radical (unpaired) electrons. The predicted octanol–water partition coefficient (Wildman–Crippen LogP) is 0.217. The topological polar surface area (TPSA) is 74.2 Å². The van der Waals surface area contributed by atoms with Crippen LogP contribution >= 0.6 is 0 Å². The predicted molar refractivity (Wildman–Crippen MR) is 34.4 cm³/mol. The fourth-order valence-electron chi connectivity index (χ4n) is 0.425. The van der Waals surface area contributed by atoms with Gasteiger partial charge in [-0.05, 0) is 10.3 Å². The maximum atomic E-state index is 5.25. The highest BCUT2D eigenvalue weighted by Crippen LogP contribution is 2.12. The molecule has 0 atom stereocenters. The molecule has 0 spiro atoms. The van der Waals surface area contributed by atoms with Crippen molar-refractivity contribution in [2.75, 3.05) is 12.3 Å². The number of nitrogens with zero attached hydrogens (tertiary/aromatic N) is 2. The minimum absolute atomic E-state index is 0.154. The molecule has 1 heterocycles. The molecule has 5 nitrogen and oxygen atoms in total. The summed E-state index contributed by atoms with van der Waals surface area (Å²) < 4.78 is 9.17. The van der Waals surface area contributed by atoms with E-state index in [1.165, 1.54) is 0 Å². The second-order valence-electron chi connectivity index (χ2n) is 1.55. The SMILES string of the molecule is C=CCOc1nonc1N. The van der Waals surface area contributed by atoms with E-state index in [9.17, 15) is 0 Å². The van der Waals surface area contributed by atoms with Crippen molar-refractivity contribution in [3.63, 3.8) is 0 Å². The van der Waals surface area contributed by atoms with Crippen LogP contribution in [0.2, 0.25) is 0 Å². The Kier molecular flexibility index (Phi) is 1.89. The molecule has 10 heavy (non-hydrogen) atoms. The molecule has 0 saturated carbocycles. The van der Waals surface area contributed by atoms with E-state index in [1.807, 2.05) is 0 Å². The van der Waals surface area contributed by atoms with Crippen molar-refractivity contribution in [3.8, 4) is 5.88 Å². The molecule has 5 heteroatoms. The molecule has 0 amide bonds. The first-order valence-corrected chi connectivity index (χ1v) is 2.66. The van der Waals surface area contributed by atoms with Crippen LogP contribution in [0, 0.1) is 0 Å². The van der Waals surface area contributed by atoms with Gasteiger partial charge in [-0.3, -0.25) is 0 Å². The first-order chi connectivity index (χ1) is 4.84. The Morgan fingerprint density at radius 1 is 1.70 bits per heavy atom. The van der Waals surface area contributed by atoms with Gasteiger partial charge in [-0.2, -0.15) is 0 Å². The standard InChI is InChI=1S/C5H7N3O2/c1-2-3-9-5-4(6)7-10-8-5/h2H,1,3H2,(H2,6,7). The molecule has 54 valence electrons. The van der Waals surface area contributed by atoms with Gasteiger partial charge in [0.15, 0.2) is 0 Å². The summed E-state index contributed by atoms with van der Waals surface area (Å²) in [6, 6.07) is 0. The van der Waals surface area contributed by atoms with Crippen LogP contribution < -0.4 is 10.5 Å². The molecular formula is C5H7N3O2. The van der Waals surface area contributed by atoms with E-state index in [-0.39, 0.29) is 11.7 Å². The van der Waals surface area contributed by atoms with Crippen molar-refractivity contribution in [2.45, 2.75) is 0 Å². The first-order valence-electron chi connectivity index (χ1n) is 2.66. The van der Waals surface area contributed by atoms with Gasteiger partial charge < -0.3 is 10.5 Å². The van der Waals surface area contributed by atoms with Crippen LogP contribution in [0.15, 0.2) is 17.3 Å². The largest absolute Gasteiger partial charge is 0.469 e. The smallest absolute Gasteiger partial charge is 0.300 e. The van der Waals surface area contributed by atoms with Crippen molar-refractivity contribution in [1.82, 2.24) is 10.3 Å². The summed E-state index contributed by atoms with van der Waals surface area (Å²) in [5.41, 5.74) is 5.25. The number of ether oxygens (including phenoxy) is 1. The van der Waals surface area contributed by atoms with E-state index in [1.54, 1.807) is 6.08 Å². The Morgan fingerprint density at radius 2 is 2.50 bits per heavy atom. The van der Waals surface area contributed by atoms with E-state index < -0.39 is 0 Å². The van der Waals surface area contributed by atoms with Gasteiger partial charge >= 0.3 is 0 Å². The molecule has 1 aromatic rings. The number of anilines is 1.